The average Bonchev–Trinajstić information content (AvgIpc) is 2.95. The van der Waals surface area contributed by atoms with Crippen LogP contribution in [0.25, 0.3) is 21.3 Å². The molecule has 0 radical (unpaired) electrons. The summed E-state index contributed by atoms with van der Waals surface area (Å²) in [6.07, 6.45) is 1.53. The van der Waals surface area contributed by atoms with Gasteiger partial charge < -0.3 is 5.32 Å². The van der Waals surface area contributed by atoms with Gasteiger partial charge >= 0.3 is 0 Å². The molecule has 2 aromatic carbocycles. The minimum Gasteiger partial charge on any atom is -0.337 e. The maximum Gasteiger partial charge on any atom is 0.143 e. The van der Waals surface area contributed by atoms with Gasteiger partial charge in [0.25, 0.3) is 0 Å². The Labute approximate surface area is 183 Å². The van der Waals surface area contributed by atoms with Crippen LogP contribution in [-0.4, -0.2) is 9.97 Å². The van der Waals surface area contributed by atoms with E-state index in [1.807, 2.05) is 12.1 Å². The van der Waals surface area contributed by atoms with Gasteiger partial charge in [0, 0.05) is 19.9 Å². The largest absolute Gasteiger partial charge is 0.337 e. The first-order valence-electron chi connectivity index (χ1n) is 7.85. The molecule has 0 atom stereocenters. The molecule has 2 heterocycles. The predicted molar refractivity (Wildman–Crippen MR) is 120 cm³/mol. The fourth-order valence-electron chi connectivity index (χ4n) is 2.88. The number of nitrogens with zero attached hydrogens (tertiary/aromatic N) is 2. The second-order valence-corrected chi connectivity index (χ2v) is 9.18. The Morgan fingerprint density at radius 3 is 2.33 bits per heavy atom. The zero-order valence-corrected chi connectivity index (χ0v) is 18.5. The molecule has 0 amide bonds. The van der Waals surface area contributed by atoms with Crippen molar-refractivity contribution in [2.75, 3.05) is 5.32 Å². The van der Waals surface area contributed by atoms with Crippen molar-refractivity contribution in [3.63, 3.8) is 0 Å². The predicted octanol–water partition coefficient (Wildman–Crippen LogP) is 8.13. The molecule has 1 N–H and O–H groups in total. The van der Waals surface area contributed by atoms with Gasteiger partial charge in [0.2, 0.25) is 0 Å². The van der Waals surface area contributed by atoms with Gasteiger partial charge in [-0.3, -0.25) is 0 Å². The number of rotatable bonds is 3. The van der Waals surface area contributed by atoms with E-state index in [0.29, 0.717) is 26.6 Å². The SMILES string of the molecule is Cc1sc2ncnc(Nc3c(Cl)cc(Cl)cc3Cl)c2c1-c1ccc(Br)cc1. The second kappa shape index (κ2) is 7.57. The summed E-state index contributed by atoms with van der Waals surface area (Å²) in [6.45, 7) is 2.08. The number of hydrogen-bond donors (Lipinski definition) is 1. The first-order chi connectivity index (χ1) is 12.9. The molecule has 0 spiro atoms. The quantitative estimate of drug-likeness (QED) is 0.309. The van der Waals surface area contributed by atoms with Crippen molar-refractivity contribution in [1.82, 2.24) is 9.97 Å². The summed E-state index contributed by atoms with van der Waals surface area (Å²) in [7, 11) is 0. The Hall–Kier alpha value is -1.37. The molecular formula is C19H11BrCl3N3S. The third-order valence-corrected chi connectivity index (χ3v) is 6.40. The number of nitrogens with one attached hydrogen (secondary N) is 1. The Morgan fingerprint density at radius 2 is 1.67 bits per heavy atom. The molecule has 0 bridgehead atoms. The average molecular weight is 500 g/mol. The van der Waals surface area contributed by atoms with Gasteiger partial charge in [0.05, 0.1) is 21.1 Å². The lowest BCUT2D eigenvalue weighted by molar-refractivity contribution is 1.23. The molecule has 0 saturated carbocycles. The van der Waals surface area contributed by atoms with Crippen molar-refractivity contribution in [3.05, 3.63) is 67.1 Å². The van der Waals surface area contributed by atoms with Crippen LogP contribution in [0.5, 0.6) is 0 Å². The monoisotopic (exact) mass is 497 g/mol. The molecule has 2 aromatic heterocycles. The maximum absolute atomic E-state index is 6.34. The molecule has 0 aliphatic carbocycles. The Bertz CT molecular complexity index is 1140. The summed E-state index contributed by atoms with van der Waals surface area (Å²) in [5, 5.41) is 5.54. The molecule has 0 fully saturated rings. The lowest BCUT2D eigenvalue weighted by Crippen LogP contribution is -1.97. The highest BCUT2D eigenvalue weighted by molar-refractivity contribution is 9.10. The molecule has 8 heteroatoms. The van der Waals surface area contributed by atoms with Crippen LogP contribution in [0.2, 0.25) is 15.1 Å². The van der Waals surface area contributed by atoms with E-state index in [-0.39, 0.29) is 0 Å². The van der Waals surface area contributed by atoms with Crippen LogP contribution in [-0.2, 0) is 0 Å². The van der Waals surface area contributed by atoms with Crippen LogP contribution in [0.4, 0.5) is 11.5 Å². The lowest BCUT2D eigenvalue weighted by Gasteiger charge is -2.12. The minimum absolute atomic E-state index is 0.427. The van der Waals surface area contributed by atoms with Crippen LogP contribution in [0.1, 0.15) is 4.88 Å². The Balaban J connectivity index is 1.91. The van der Waals surface area contributed by atoms with E-state index in [9.17, 15) is 0 Å². The van der Waals surface area contributed by atoms with Gasteiger partial charge in [-0.1, -0.05) is 62.9 Å². The van der Waals surface area contributed by atoms with Gasteiger partial charge in [-0.05, 0) is 36.8 Å². The van der Waals surface area contributed by atoms with E-state index >= 15 is 0 Å². The molecule has 0 saturated heterocycles. The van der Waals surface area contributed by atoms with Gasteiger partial charge in [-0.2, -0.15) is 0 Å². The third-order valence-electron chi connectivity index (χ3n) is 4.05. The summed E-state index contributed by atoms with van der Waals surface area (Å²) >= 11 is 23.8. The summed E-state index contributed by atoms with van der Waals surface area (Å²) in [6, 6.07) is 11.5. The lowest BCUT2D eigenvalue weighted by atomic mass is 10.0. The van der Waals surface area contributed by atoms with E-state index in [1.165, 1.54) is 6.33 Å². The summed E-state index contributed by atoms with van der Waals surface area (Å²) in [5.41, 5.74) is 2.74. The van der Waals surface area contributed by atoms with Gasteiger partial charge in [-0.25, -0.2) is 9.97 Å². The van der Waals surface area contributed by atoms with E-state index in [0.717, 1.165) is 30.7 Å². The molecule has 0 unspecified atom stereocenters. The molecule has 3 nitrogen and oxygen atoms in total. The smallest absolute Gasteiger partial charge is 0.143 e. The zero-order chi connectivity index (χ0) is 19.1. The molecule has 0 aliphatic rings. The Morgan fingerprint density at radius 1 is 1.00 bits per heavy atom. The van der Waals surface area contributed by atoms with Gasteiger partial charge in [-0.15, -0.1) is 11.3 Å². The van der Waals surface area contributed by atoms with Crippen molar-refractivity contribution in [3.8, 4) is 11.1 Å². The van der Waals surface area contributed by atoms with Gasteiger partial charge in [0.1, 0.15) is 17.0 Å². The van der Waals surface area contributed by atoms with Crippen molar-refractivity contribution in [1.29, 1.82) is 0 Å². The maximum atomic E-state index is 6.34. The number of aromatic nitrogens is 2. The first kappa shape index (κ1) is 19.0. The Kier molecular flexibility index (Phi) is 5.32. The van der Waals surface area contributed by atoms with Gasteiger partial charge in [0.15, 0.2) is 0 Å². The van der Waals surface area contributed by atoms with Crippen LogP contribution >= 0.6 is 62.1 Å². The van der Waals surface area contributed by atoms with Crippen molar-refractivity contribution < 1.29 is 0 Å². The van der Waals surface area contributed by atoms with E-state index in [1.54, 1.807) is 23.5 Å². The normalized spacial score (nSPS) is 11.1. The third kappa shape index (κ3) is 3.67. The fourth-order valence-corrected chi connectivity index (χ4v) is 5.07. The van der Waals surface area contributed by atoms with Crippen LogP contribution < -0.4 is 5.32 Å². The number of benzene rings is 2. The van der Waals surface area contributed by atoms with E-state index < -0.39 is 0 Å². The standard InChI is InChI=1S/C19H11BrCl3N3S/c1-9-15(10-2-4-11(20)5-3-10)16-18(24-8-25-19(16)27-9)26-17-13(22)6-12(21)7-14(17)23/h2-8H,1H3,(H,24,25,26). The molecule has 136 valence electrons. The van der Waals surface area contributed by atoms with Crippen molar-refractivity contribution in [2.24, 2.45) is 0 Å². The summed E-state index contributed by atoms with van der Waals surface area (Å²) in [4.78, 5) is 10.9. The minimum atomic E-state index is 0.427. The van der Waals surface area contributed by atoms with Crippen LogP contribution in [0, 0.1) is 6.92 Å². The number of aryl methyl sites for hydroxylation is 1. The van der Waals surface area contributed by atoms with Crippen molar-refractivity contribution >= 4 is 83.8 Å². The highest BCUT2D eigenvalue weighted by Crippen LogP contribution is 2.43. The highest BCUT2D eigenvalue weighted by atomic mass is 79.9. The van der Waals surface area contributed by atoms with Crippen molar-refractivity contribution in [2.45, 2.75) is 6.92 Å². The molecule has 27 heavy (non-hydrogen) atoms. The van der Waals surface area contributed by atoms with Crippen LogP contribution in [0.3, 0.4) is 0 Å². The highest BCUT2D eigenvalue weighted by Gasteiger charge is 2.18. The topological polar surface area (TPSA) is 37.8 Å². The van der Waals surface area contributed by atoms with Crippen LogP contribution in [0.15, 0.2) is 47.2 Å². The number of thiophene rings is 1. The summed E-state index contributed by atoms with van der Waals surface area (Å²) in [5.74, 6) is 0.647. The number of fused-ring (bicyclic) bond motifs is 1. The zero-order valence-electron chi connectivity index (χ0n) is 13.9. The summed E-state index contributed by atoms with van der Waals surface area (Å²) < 4.78 is 1.03. The number of halogens is 4. The van der Waals surface area contributed by atoms with E-state index in [2.05, 4.69) is 50.3 Å². The second-order valence-electron chi connectivity index (χ2n) is 5.81. The molecule has 0 aliphatic heterocycles. The number of hydrogen-bond acceptors (Lipinski definition) is 4. The molecule has 4 rings (SSSR count). The molecule has 4 aromatic rings. The van der Waals surface area contributed by atoms with E-state index in [4.69, 9.17) is 34.8 Å². The molecular weight excluding hydrogens is 489 g/mol. The number of anilines is 2. The fraction of sp³-hybridized carbons (Fsp3) is 0.0526. The first-order valence-corrected chi connectivity index (χ1v) is 10.6.